The zero-order valence-corrected chi connectivity index (χ0v) is 19.6. The van der Waals surface area contributed by atoms with Crippen LogP contribution < -0.4 is 15.1 Å². The van der Waals surface area contributed by atoms with Crippen molar-refractivity contribution in [2.75, 3.05) is 42.5 Å². The van der Waals surface area contributed by atoms with E-state index < -0.39 is 0 Å². The molecule has 7 heteroatoms. The zero-order chi connectivity index (χ0) is 22.8. The van der Waals surface area contributed by atoms with Crippen LogP contribution in [0.25, 0.3) is 0 Å². The van der Waals surface area contributed by atoms with Crippen LogP contribution in [-0.2, 0) is 20.8 Å². The van der Waals surface area contributed by atoms with Gasteiger partial charge in [-0.1, -0.05) is 6.07 Å². The molecule has 1 amide bonds. The van der Waals surface area contributed by atoms with Crippen molar-refractivity contribution in [3.8, 4) is 0 Å². The third-order valence-corrected chi connectivity index (χ3v) is 7.44. The lowest BCUT2D eigenvalue weighted by atomic mass is 9.86. The van der Waals surface area contributed by atoms with E-state index in [1.165, 1.54) is 0 Å². The third-order valence-electron chi connectivity index (χ3n) is 7.44. The van der Waals surface area contributed by atoms with E-state index in [-0.39, 0.29) is 17.9 Å². The molecule has 2 aliphatic heterocycles. The molecular formula is C26H34N4O3. The molecule has 0 spiro atoms. The molecule has 3 aliphatic rings. The predicted molar refractivity (Wildman–Crippen MR) is 130 cm³/mol. The van der Waals surface area contributed by atoms with Crippen molar-refractivity contribution in [3.05, 3.63) is 42.1 Å². The van der Waals surface area contributed by atoms with Crippen LogP contribution in [-0.4, -0.2) is 50.4 Å². The van der Waals surface area contributed by atoms with Crippen molar-refractivity contribution in [2.24, 2.45) is 5.92 Å². The molecule has 1 atom stereocenters. The van der Waals surface area contributed by atoms with Gasteiger partial charge in [0, 0.05) is 44.1 Å². The Balaban J connectivity index is 1.49. The SMILES string of the molecule is COCC1CCCN1c1ccc2c(c1)N(C(=O)C1CCC(OC)CC1)Cc1cccnc1N2. The Labute approximate surface area is 196 Å². The normalized spacial score (nSPS) is 24.6. The number of methoxy groups -OCH3 is 2. The first-order valence-corrected chi connectivity index (χ1v) is 12.1. The summed E-state index contributed by atoms with van der Waals surface area (Å²) in [6.45, 7) is 2.25. The molecule has 1 aliphatic carbocycles. The molecule has 1 aromatic heterocycles. The predicted octanol–water partition coefficient (Wildman–Crippen LogP) is 4.49. The number of nitrogens with zero attached hydrogens (tertiary/aromatic N) is 3. The molecule has 1 aromatic carbocycles. The molecule has 2 fully saturated rings. The minimum absolute atomic E-state index is 0.0270. The lowest BCUT2D eigenvalue weighted by Crippen LogP contribution is -2.38. The first kappa shape index (κ1) is 22.2. The smallest absolute Gasteiger partial charge is 0.230 e. The van der Waals surface area contributed by atoms with Crippen LogP contribution in [0.3, 0.4) is 0 Å². The van der Waals surface area contributed by atoms with E-state index in [2.05, 4.69) is 39.5 Å². The molecule has 1 saturated carbocycles. The van der Waals surface area contributed by atoms with Gasteiger partial charge >= 0.3 is 0 Å². The molecule has 1 unspecified atom stereocenters. The van der Waals surface area contributed by atoms with Gasteiger partial charge in [0.2, 0.25) is 5.91 Å². The van der Waals surface area contributed by atoms with Crippen molar-refractivity contribution < 1.29 is 14.3 Å². The fraction of sp³-hybridized carbons (Fsp3) is 0.538. The summed E-state index contributed by atoms with van der Waals surface area (Å²) < 4.78 is 11.0. The summed E-state index contributed by atoms with van der Waals surface area (Å²) in [7, 11) is 3.53. The van der Waals surface area contributed by atoms with Gasteiger partial charge in [-0.3, -0.25) is 4.79 Å². The summed E-state index contributed by atoms with van der Waals surface area (Å²) in [6.07, 6.45) is 7.98. The number of carbonyl (C=O) groups excluding carboxylic acids is 1. The van der Waals surface area contributed by atoms with Gasteiger partial charge in [-0.2, -0.15) is 0 Å². The maximum atomic E-state index is 13.9. The monoisotopic (exact) mass is 450 g/mol. The van der Waals surface area contributed by atoms with Crippen LogP contribution in [0.1, 0.15) is 44.1 Å². The van der Waals surface area contributed by atoms with Crippen molar-refractivity contribution in [2.45, 2.75) is 57.2 Å². The summed E-state index contributed by atoms with van der Waals surface area (Å²) in [5.41, 5.74) is 4.05. The number of anilines is 4. The Kier molecular flexibility index (Phi) is 6.51. The van der Waals surface area contributed by atoms with Crippen molar-refractivity contribution in [1.29, 1.82) is 0 Å². The fourth-order valence-corrected chi connectivity index (χ4v) is 5.59. The summed E-state index contributed by atoms with van der Waals surface area (Å²) in [4.78, 5) is 22.8. The van der Waals surface area contributed by atoms with Crippen LogP contribution in [0.15, 0.2) is 36.5 Å². The highest BCUT2D eigenvalue weighted by Crippen LogP contribution is 2.40. The van der Waals surface area contributed by atoms with E-state index in [9.17, 15) is 4.79 Å². The third kappa shape index (κ3) is 4.44. The van der Waals surface area contributed by atoms with E-state index >= 15 is 0 Å². The second kappa shape index (κ2) is 9.69. The van der Waals surface area contributed by atoms with Crippen LogP contribution in [0.5, 0.6) is 0 Å². The molecule has 0 radical (unpaired) electrons. The van der Waals surface area contributed by atoms with Crippen LogP contribution in [0.2, 0.25) is 0 Å². The van der Waals surface area contributed by atoms with Crippen LogP contribution in [0.4, 0.5) is 22.9 Å². The van der Waals surface area contributed by atoms with Crippen LogP contribution >= 0.6 is 0 Å². The topological polar surface area (TPSA) is 66.9 Å². The maximum absolute atomic E-state index is 13.9. The number of nitrogens with one attached hydrogen (secondary N) is 1. The molecule has 7 nitrogen and oxygen atoms in total. The summed E-state index contributed by atoms with van der Waals surface area (Å²) in [6, 6.07) is 10.8. The molecule has 33 heavy (non-hydrogen) atoms. The Bertz CT molecular complexity index is 989. The molecule has 3 heterocycles. The molecule has 5 rings (SSSR count). The minimum Gasteiger partial charge on any atom is -0.383 e. The van der Waals surface area contributed by atoms with E-state index in [1.807, 2.05) is 11.0 Å². The molecule has 176 valence electrons. The second-order valence-electron chi connectivity index (χ2n) is 9.42. The average molecular weight is 451 g/mol. The number of benzene rings is 1. The number of pyridine rings is 1. The highest BCUT2D eigenvalue weighted by molar-refractivity contribution is 6.00. The van der Waals surface area contributed by atoms with Gasteiger partial charge in [0.25, 0.3) is 0 Å². The van der Waals surface area contributed by atoms with Crippen molar-refractivity contribution >= 4 is 28.8 Å². The zero-order valence-electron chi connectivity index (χ0n) is 19.6. The Hall–Kier alpha value is -2.64. The van der Waals surface area contributed by atoms with Crippen molar-refractivity contribution in [1.82, 2.24) is 4.98 Å². The number of carbonyl (C=O) groups is 1. The summed E-state index contributed by atoms with van der Waals surface area (Å²) in [5, 5.41) is 3.49. The van der Waals surface area contributed by atoms with E-state index in [0.29, 0.717) is 12.6 Å². The number of rotatable bonds is 5. The lowest BCUT2D eigenvalue weighted by Gasteiger charge is -2.33. The molecule has 1 saturated heterocycles. The molecular weight excluding hydrogens is 416 g/mol. The first-order valence-electron chi connectivity index (χ1n) is 12.1. The fourth-order valence-electron chi connectivity index (χ4n) is 5.59. The highest BCUT2D eigenvalue weighted by atomic mass is 16.5. The van der Waals surface area contributed by atoms with E-state index in [1.54, 1.807) is 20.4 Å². The van der Waals surface area contributed by atoms with E-state index in [4.69, 9.17) is 9.47 Å². The number of fused-ring (bicyclic) bond motifs is 2. The standard InChI is InChI=1S/C26H34N4O3/c1-32-17-21-6-4-14-29(21)20-9-12-23-24(15-20)30(16-19-5-3-13-27-25(19)28-23)26(31)18-7-10-22(33-2)11-8-18/h3,5,9,12-13,15,18,21-22H,4,6-8,10-11,14,16-17H2,1-2H3,(H,27,28). The van der Waals surface area contributed by atoms with Crippen LogP contribution in [0, 0.1) is 5.92 Å². The number of ether oxygens (including phenoxy) is 2. The van der Waals surface area contributed by atoms with Gasteiger partial charge < -0.3 is 24.6 Å². The molecule has 1 N–H and O–H groups in total. The van der Waals surface area contributed by atoms with Gasteiger partial charge in [-0.15, -0.1) is 0 Å². The molecule has 2 aromatic rings. The number of hydrogen-bond acceptors (Lipinski definition) is 6. The van der Waals surface area contributed by atoms with Gasteiger partial charge in [0.15, 0.2) is 0 Å². The lowest BCUT2D eigenvalue weighted by molar-refractivity contribution is -0.124. The van der Waals surface area contributed by atoms with E-state index in [0.717, 1.165) is 80.1 Å². The minimum atomic E-state index is 0.0270. The summed E-state index contributed by atoms with van der Waals surface area (Å²) >= 11 is 0. The van der Waals surface area contributed by atoms with Gasteiger partial charge in [-0.25, -0.2) is 4.98 Å². The highest BCUT2D eigenvalue weighted by Gasteiger charge is 2.34. The molecule has 0 bridgehead atoms. The Morgan fingerprint density at radius 1 is 1.15 bits per heavy atom. The maximum Gasteiger partial charge on any atom is 0.230 e. The largest absolute Gasteiger partial charge is 0.383 e. The van der Waals surface area contributed by atoms with Crippen molar-refractivity contribution in [3.63, 3.8) is 0 Å². The number of hydrogen-bond donors (Lipinski definition) is 1. The van der Waals surface area contributed by atoms with Gasteiger partial charge in [0.1, 0.15) is 5.82 Å². The van der Waals surface area contributed by atoms with Gasteiger partial charge in [-0.05, 0) is 62.8 Å². The number of aromatic nitrogens is 1. The summed E-state index contributed by atoms with van der Waals surface area (Å²) in [5.74, 6) is 1.05. The quantitative estimate of drug-likeness (QED) is 0.724. The average Bonchev–Trinajstić information content (AvgIpc) is 3.25. The number of amides is 1. The van der Waals surface area contributed by atoms with Gasteiger partial charge in [0.05, 0.1) is 36.7 Å². The Morgan fingerprint density at radius 2 is 2.00 bits per heavy atom. The Morgan fingerprint density at radius 3 is 2.79 bits per heavy atom. The first-order chi connectivity index (χ1) is 16.2. The second-order valence-corrected chi connectivity index (χ2v) is 9.42.